The van der Waals surface area contributed by atoms with Crippen molar-refractivity contribution >= 4 is 5.91 Å². The van der Waals surface area contributed by atoms with Gasteiger partial charge >= 0.3 is 0 Å². The van der Waals surface area contributed by atoms with Crippen LogP contribution in [0.2, 0.25) is 0 Å². The predicted molar refractivity (Wildman–Crippen MR) is 73.6 cm³/mol. The van der Waals surface area contributed by atoms with Crippen LogP contribution in [-0.2, 0) is 4.79 Å². The monoisotopic (exact) mass is 272 g/mol. The van der Waals surface area contributed by atoms with Crippen molar-refractivity contribution in [2.45, 2.75) is 12.1 Å². The summed E-state index contributed by atoms with van der Waals surface area (Å²) in [5, 5.41) is 21.9. The molecule has 0 aliphatic rings. The molecular formula is C15H16N2O3. The Bertz CT molecular complexity index is 546. The number of hydrogen-bond acceptors (Lipinski definition) is 4. The van der Waals surface area contributed by atoms with Crippen molar-refractivity contribution in [3.8, 4) is 0 Å². The highest BCUT2D eigenvalue weighted by Gasteiger charge is 2.21. The van der Waals surface area contributed by atoms with Crippen LogP contribution in [0.25, 0.3) is 0 Å². The van der Waals surface area contributed by atoms with Crippen molar-refractivity contribution in [3.63, 3.8) is 0 Å². The first-order valence-electron chi connectivity index (χ1n) is 6.26. The molecule has 5 heteroatoms. The molecule has 0 fully saturated rings. The molecule has 0 spiro atoms. The van der Waals surface area contributed by atoms with Gasteiger partial charge in [0.25, 0.3) is 5.91 Å². The van der Waals surface area contributed by atoms with E-state index >= 15 is 0 Å². The van der Waals surface area contributed by atoms with E-state index in [1.807, 2.05) is 18.2 Å². The number of pyridine rings is 1. The third-order valence-electron chi connectivity index (χ3n) is 2.95. The maximum atomic E-state index is 12.0. The summed E-state index contributed by atoms with van der Waals surface area (Å²) in [7, 11) is 0. The largest absolute Gasteiger partial charge is 0.394 e. The number of aliphatic hydroxyl groups is 2. The molecule has 104 valence electrons. The van der Waals surface area contributed by atoms with Crippen molar-refractivity contribution in [3.05, 3.63) is 66.0 Å². The van der Waals surface area contributed by atoms with Gasteiger partial charge in [-0.05, 0) is 11.6 Å². The van der Waals surface area contributed by atoms with Crippen LogP contribution in [0.3, 0.4) is 0 Å². The maximum absolute atomic E-state index is 12.0. The average molecular weight is 272 g/mol. The van der Waals surface area contributed by atoms with E-state index < -0.39 is 18.1 Å². The van der Waals surface area contributed by atoms with Crippen molar-refractivity contribution in [2.24, 2.45) is 0 Å². The van der Waals surface area contributed by atoms with E-state index in [1.165, 1.54) is 6.20 Å². The molecule has 1 aromatic carbocycles. The Morgan fingerprint density at radius 2 is 1.85 bits per heavy atom. The van der Waals surface area contributed by atoms with Gasteiger partial charge in [0.2, 0.25) is 0 Å². The Morgan fingerprint density at radius 3 is 2.45 bits per heavy atom. The molecule has 2 rings (SSSR count). The minimum atomic E-state index is -1.30. The van der Waals surface area contributed by atoms with Crippen molar-refractivity contribution in [2.75, 3.05) is 6.61 Å². The smallest absolute Gasteiger partial charge is 0.254 e. The summed E-state index contributed by atoms with van der Waals surface area (Å²) in [6.45, 7) is -0.241. The van der Waals surface area contributed by atoms with E-state index in [1.54, 1.807) is 30.5 Å². The topological polar surface area (TPSA) is 82.5 Å². The highest BCUT2D eigenvalue weighted by molar-refractivity contribution is 5.82. The third-order valence-corrected chi connectivity index (χ3v) is 2.95. The number of nitrogens with zero attached hydrogens (tertiary/aromatic N) is 1. The SMILES string of the molecule is O=C(N[C@H](CO)c1ccccc1)C(O)c1cccnc1. The first-order valence-corrected chi connectivity index (χ1v) is 6.26. The van der Waals surface area contributed by atoms with Gasteiger partial charge in [-0.2, -0.15) is 0 Å². The molecule has 0 saturated carbocycles. The van der Waals surface area contributed by atoms with Crippen LogP contribution >= 0.6 is 0 Å². The van der Waals surface area contributed by atoms with E-state index in [0.717, 1.165) is 5.56 Å². The summed E-state index contributed by atoms with van der Waals surface area (Å²) in [4.78, 5) is 15.8. The predicted octanol–water partition coefficient (Wildman–Crippen LogP) is 0.965. The molecule has 2 aromatic rings. The van der Waals surface area contributed by atoms with Crippen molar-refractivity contribution in [1.29, 1.82) is 0 Å². The van der Waals surface area contributed by atoms with Crippen LogP contribution in [0.1, 0.15) is 23.3 Å². The molecule has 5 nitrogen and oxygen atoms in total. The van der Waals surface area contributed by atoms with Crippen LogP contribution < -0.4 is 5.32 Å². The Balaban J connectivity index is 2.06. The van der Waals surface area contributed by atoms with Crippen LogP contribution in [-0.4, -0.2) is 27.7 Å². The molecule has 0 radical (unpaired) electrons. The van der Waals surface area contributed by atoms with E-state index in [9.17, 15) is 15.0 Å². The number of nitrogens with one attached hydrogen (secondary N) is 1. The number of rotatable bonds is 5. The second-order valence-electron chi connectivity index (χ2n) is 4.34. The van der Waals surface area contributed by atoms with Gasteiger partial charge in [0.15, 0.2) is 6.10 Å². The second kappa shape index (κ2) is 6.79. The quantitative estimate of drug-likeness (QED) is 0.757. The minimum absolute atomic E-state index is 0.241. The summed E-state index contributed by atoms with van der Waals surface area (Å²) in [5.74, 6) is -0.569. The molecule has 0 aliphatic carbocycles. The summed E-state index contributed by atoms with van der Waals surface area (Å²) < 4.78 is 0. The third kappa shape index (κ3) is 3.40. The molecule has 1 heterocycles. The van der Waals surface area contributed by atoms with Gasteiger partial charge in [-0.15, -0.1) is 0 Å². The van der Waals surface area contributed by atoms with Crippen LogP contribution in [0, 0.1) is 0 Å². The molecule has 1 aromatic heterocycles. The van der Waals surface area contributed by atoms with Crippen LogP contribution in [0.15, 0.2) is 54.9 Å². The van der Waals surface area contributed by atoms with Crippen LogP contribution in [0.4, 0.5) is 0 Å². The number of aliphatic hydroxyl groups excluding tert-OH is 2. The molecule has 1 unspecified atom stereocenters. The Labute approximate surface area is 116 Å². The molecule has 1 amide bonds. The van der Waals surface area contributed by atoms with Gasteiger partial charge in [0.1, 0.15) is 0 Å². The lowest BCUT2D eigenvalue weighted by atomic mass is 10.1. The Morgan fingerprint density at radius 1 is 1.15 bits per heavy atom. The lowest BCUT2D eigenvalue weighted by Crippen LogP contribution is -2.34. The fourth-order valence-electron chi connectivity index (χ4n) is 1.86. The van der Waals surface area contributed by atoms with Gasteiger partial charge in [0.05, 0.1) is 12.6 Å². The zero-order valence-electron chi connectivity index (χ0n) is 10.8. The number of carbonyl (C=O) groups is 1. The molecule has 0 aliphatic heterocycles. The zero-order valence-corrected chi connectivity index (χ0v) is 10.8. The maximum Gasteiger partial charge on any atom is 0.254 e. The van der Waals surface area contributed by atoms with E-state index in [0.29, 0.717) is 5.56 Å². The summed E-state index contributed by atoms with van der Waals surface area (Å²) >= 11 is 0. The number of amides is 1. The molecule has 3 N–H and O–H groups in total. The lowest BCUT2D eigenvalue weighted by Gasteiger charge is -2.19. The normalized spacial score (nSPS) is 13.5. The minimum Gasteiger partial charge on any atom is -0.394 e. The Hall–Kier alpha value is -2.24. The summed E-state index contributed by atoms with van der Waals surface area (Å²) in [6, 6.07) is 11.8. The zero-order chi connectivity index (χ0) is 14.4. The van der Waals surface area contributed by atoms with Gasteiger partial charge in [-0.25, -0.2) is 0 Å². The molecule has 2 atom stereocenters. The molecular weight excluding hydrogens is 256 g/mol. The highest BCUT2D eigenvalue weighted by atomic mass is 16.3. The number of aromatic nitrogens is 1. The number of benzene rings is 1. The molecule has 20 heavy (non-hydrogen) atoms. The first kappa shape index (κ1) is 14.2. The lowest BCUT2D eigenvalue weighted by molar-refractivity contribution is -0.130. The van der Waals surface area contributed by atoms with E-state index in [-0.39, 0.29) is 6.61 Å². The van der Waals surface area contributed by atoms with Crippen LogP contribution in [0.5, 0.6) is 0 Å². The van der Waals surface area contributed by atoms with Gasteiger partial charge in [-0.3, -0.25) is 9.78 Å². The van der Waals surface area contributed by atoms with Gasteiger partial charge in [0, 0.05) is 18.0 Å². The van der Waals surface area contributed by atoms with Gasteiger partial charge in [-0.1, -0.05) is 36.4 Å². The highest BCUT2D eigenvalue weighted by Crippen LogP contribution is 2.15. The number of hydrogen-bond donors (Lipinski definition) is 3. The summed E-state index contributed by atoms with van der Waals surface area (Å²) in [6.07, 6.45) is 1.69. The Kier molecular flexibility index (Phi) is 4.81. The average Bonchev–Trinajstić information content (AvgIpc) is 2.53. The van der Waals surface area contributed by atoms with Crippen molar-refractivity contribution in [1.82, 2.24) is 10.3 Å². The van der Waals surface area contributed by atoms with E-state index in [2.05, 4.69) is 10.3 Å². The van der Waals surface area contributed by atoms with Gasteiger partial charge < -0.3 is 15.5 Å². The standard InChI is InChI=1S/C15H16N2O3/c18-10-13(11-5-2-1-3-6-11)17-15(20)14(19)12-7-4-8-16-9-12/h1-9,13-14,18-19H,10H2,(H,17,20)/t13-,14?/m1/s1. The molecule has 0 bridgehead atoms. The molecule has 0 saturated heterocycles. The van der Waals surface area contributed by atoms with E-state index in [4.69, 9.17) is 0 Å². The van der Waals surface area contributed by atoms with Crippen molar-refractivity contribution < 1.29 is 15.0 Å². The fourth-order valence-corrected chi connectivity index (χ4v) is 1.86. The first-order chi connectivity index (χ1) is 9.72. The number of carbonyl (C=O) groups excluding carboxylic acids is 1. The summed E-state index contributed by atoms with van der Waals surface area (Å²) in [5.41, 5.74) is 1.19. The fraction of sp³-hybridized carbons (Fsp3) is 0.200. The second-order valence-corrected chi connectivity index (χ2v) is 4.34.